The zero-order valence-corrected chi connectivity index (χ0v) is 6.92. The van der Waals surface area contributed by atoms with Gasteiger partial charge in [-0.15, -0.1) is 0 Å². The number of nitrogens with one attached hydrogen (secondary N) is 1. The molecule has 3 heteroatoms. The minimum absolute atomic E-state index is 0.172. The molecule has 1 aliphatic heterocycles. The van der Waals surface area contributed by atoms with E-state index in [1.54, 1.807) is 11.8 Å². The Morgan fingerprint density at radius 3 is 2.70 bits per heavy atom. The highest BCUT2D eigenvalue weighted by Gasteiger charge is 2.11. The zero-order valence-electron chi connectivity index (χ0n) is 6.11. The van der Waals surface area contributed by atoms with E-state index in [2.05, 4.69) is 5.32 Å². The van der Waals surface area contributed by atoms with Crippen molar-refractivity contribution in [3.63, 3.8) is 0 Å². The van der Waals surface area contributed by atoms with E-state index in [0.29, 0.717) is 5.75 Å². The Hall–Kier alpha value is 0.240. The van der Waals surface area contributed by atoms with Crippen LogP contribution < -0.4 is 5.32 Å². The van der Waals surface area contributed by atoms with Gasteiger partial charge in [-0.2, -0.15) is 11.8 Å². The van der Waals surface area contributed by atoms with Crippen LogP contribution in [0.15, 0.2) is 0 Å². The smallest absolute Gasteiger partial charge is 0.0984 e. The highest BCUT2D eigenvalue weighted by molar-refractivity contribution is 7.99. The van der Waals surface area contributed by atoms with E-state index in [1.165, 1.54) is 12.8 Å². The summed E-state index contributed by atoms with van der Waals surface area (Å²) in [7, 11) is 0. The number of alkyl halides is 1. The first kappa shape index (κ1) is 8.34. The average molecular weight is 163 g/mol. The Balaban J connectivity index is 2.02. The van der Waals surface area contributed by atoms with E-state index < -0.39 is 0 Å². The normalized spacial score (nSPS) is 21.3. The number of thioether (sulfide) groups is 1. The Kier molecular flexibility index (Phi) is 4.14. The summed E-state index contributed by atoms with van der Waals surface area (Å²) in [5.41, 5.74) is 0. The molecule has 0 saturated carbocycles. The van der Waals surface area contributed by atoms with E-state index in [1.807, 2.05) is 0 Å². The van der Waals surface area contributed by atoms with Gasteiger partial charge in [-0.1, -0.05) is 0 Å². The fourth-order valence-electron chi connectivity index (χ4n) is 1.17. The van der Waals surface area contributed by atoms with Crippen molar-refractivity contribution in [2.75, 3.05) is 25.5 Å². The van der Waals surface area contributed by atoms with Gasteiger partial charge in [-0.25, -0.2) is 0 Å². The predicted molar refractivity (Wildman–Crippen MR) is 44.3 cm³/mol. The summed E-state index contributed by atoms with van der Waals surface area (Å²) in [6.45, 7) is 2.06. The molecule has 1 nitrogen and oxygen atoms in total. The van der Waals surface area contributed by atoms with E-state index in [-0.39, 0.29) is 6.67 Å². The molecule has 0 aromatic rings. The van der Waals surface area contributed by atoms with Gasteiger partial charge in [0, 0.05) is 11.0 Å². The van der Waals surface area contributed by atoms with Gasteiger partial charge in [-0.05, 0) is 25.9 Å². The van der Waals surface area contributed by atoms with Crippen LogP contribution in [-0.2, 0) is 0 Å². The standard InChI is InChI=1S/C7H14FNS/c8-3-6-10-7-1-4-9-5-2-7/h7,9H,1-6H2. The molecule has 1 N–H and O–H groups in total. The monoisotopic (exact) mass is 163 g/mol. The molecule has 0 atom stereocenters. The van der Waals surface area contributed by atoms with Crippen molar-refractivity contribution < 1.29 is 4.39 Å². The molecule has 0 aromatic heterocycles. The summed E-state index contributed by atoms with van der Waals surface area (Å²) in [4.78, 5) is 0. The van der Waals surface area contributed by atoms with Gasteiger partial charge in [0.2, 0.25) is 0 Å². The fourth-order valence-corrected chi connectivity index (χ4v) is 2.16. The summed E-state index contributed by atoms with van der Waals surface area (Å²) in [5, 5.41) is 4.00. The summed E-state index contributed by atoms with van der Waals surface area (Å²) in [6, 6.07) is 0. The van der Waals surface area contributed by atoms with Crippen molar-refractivity contribution in [3.8, 4) is 0 Å². The molecule has 1 saturated heterocycles. The Morgan fingerprint density at radius 2 is 2.10 bits per heavy atom. The molecule has 0 amide bonds. The van der Waals surface area contributed by atoms with Crippen molar-refractivity contribution >= 4 is 11.8 Å². The van der Waals surface area contributed by atoms with E-state index in [9.17, 15) is 4.39 Å². The summed E-state index contributed by atoms with van der Waals surface area (Å²) in [6.07, 6.45) is 2.43. The molecular weight excluding hydrogens is 149 g/mol. The van der Waals surface area contributed by atoms with Crippen LogP contribution in [0.25, 0.3) is 0 Å². The van der Waals surface area contributed by atoms with Crippen LogP contribution in [0.3, 0.4) is 0 Å². The molecule has 1 rings (SSSR count). The second-order valence-corrected chi connectivity index (χ2v) is 3.92. The average Bonchev–Trinajstić information content (AvgIpc) is 2.03. The van der Waals surface area contributed by atoms with Gasteiger partial charge in [0.1, 0.15) is 0 Å². The number of piperidine rings is 1. The van der Waals surface area contributed by atoms with E-state index >= 15 is 0 Å². The molecule has 0 bridgehead atoms. The molecule has 1 heterocycles. The van der Waals surface area contributed by atoms with Crippen molar-refractivity contribution in [1.29, 1.82) is 0 Å². The number of hydrogen-bond acceptors (Lipinski definition) is 2. The topological polar surface area (TPSA) is 12.0 Å². The second kappa shape index (κ2) is 4.97. The third-order valence-corrected chi connectivity index (χ3v) is 3.05. The van der Waals surface area contributed by atoms with Crippen LogP contribution >= 0.6 is 11.8 Å². The van der Waals surface area contributed by atoms with Crippen LogP contribution in [0.1, 0.15) is 12.8 Å². The first-order valence-corrected chi connectivity index (χ1v) is 4.86. The van der Waals surface area contributed by atoms with Crippen molar-refractivity contribution in [1.82, 2.24) is 5.32 Å². The molecule has 0 aromatic carbocycles. The van der Waals surface area contributed by atoms with Gasteiger partial charge < -0.3 is 5.32 Å². The number of hydrogen-bond donors (Lipinski definition) is 1. The molecule has 0 spiro atoms. The van der Waals surface area contributed by atoms with E-state index in [4.69, 9.17) is 0 Å². The van der Waals surface area contributed by atoms with Crippen molar-refractivity contribution in [2.24, 2.45) is 0 Å². The summed E-state index contributed by atoms with van der Waals surface area (Å²) in [5.74, 6) is 0.685. The van der Waals surface area contributed by atoms with Crippen molar-refractivity contribution in [3.05, 3.63) is 0 Å². The van der Waals surface area contributed by atoms with Gasteiger partial charge in [0.25, 0.3) is 0 Å². The van der Waals surface area contributed by atoms with Crippen LogP contribution in [0.2, 0.25) is 0 Å². The molecule has 0 aliphatic carbocycles. The van der Waals surface area contributed by atoms with Crippen LogP contribution in [0, 0.1) is 0 Å². The van der Waals surface area contributed by atoms with Crippen molar-refractivity contribution in [2.45, 2.75) is 18.1 Å². The number of halogens is 1. The predicted octanol–water partition coefficient (Wildman–Crippen LogP) is 1.44. The SMILES string of the molecule is FCCSC1CCNCC1. The Morgan fingerprint density at radius 1 is 1.40 bits per heavy atom. The van der Waals surface area contributed by atoms with Gasteiger partial charge in [0.15, 0.2) is 0 Å². The van der Waals surface area contributed by atoms with Gasteiger partial charge in [0.05, 0.1) is 6.67 Å². The molecule has 60 valence electrons. The Labute approximate surface area is 65.8 Å². The molecule has 0 radical (unpaired) electrons. The lowest BCUT2D eigenvalue weighted by atomic mass is 10.2. The van der Waals surface area contributed by atoms with Crippen LogP contribution in [0.5, 0.6) is 0 Å². The summed E-state index contributed by atoms with van der Waals surface area (Å²) >= 11 is 1.78. The van der Waals surface area contributed by atoms with E-state index in [0.717, 1.165) is 18.3 Å². The highest BCUT2D eigenvalue weighted by atomic mass is 32.2. The minimum Gasteiger partial charge on any atom is -0.317 e. The lowest BCUT2D eigenvalue weighted by molar-refractivity contribution is 0.520. The lowest BCUT2D eigenvalue weighted by Crippen LogP contribution is -2.29. The fraction of sp³-hybridized carbons (Fsp3) is 1.00. The Bertz CT molecular complexity index is 83.7. The quantitative estimate of drug-likeness (QED) is 0.675. The van der Waals surface area contributed by atoms with Crippen LogP contribution in [-0.4, -0.2) is 30.8 Å². The third kappa shape index (κ3) is 2.88. The second-order valence-electron chi connectivity index (χ2n) is 2.51. The molecule has 1 aliphatic rings. The minimum atomic E-state index is -0.172. The first-order valence-electron chi connectivity index (χ1n) is 3.82. The third-order valence-electron chi connectivity index (χ3n) is 1.72. The molecular formula is C7H14FNS. The number of rotatable bonds is 3. The zero-order chi connectivity index (χ0) is 7.23. The molecule has 1 fully saturated rings. The van der Waals surface area contributed by atoms with Crippen LogP contribution in [0.4, 0.5) is 4.39 Å². The maximum absolute atomic E-state index is 11.7. The summed E-state index contributed by atoms with van der Waals surface area (Å²) < 4.78 is 11.7. The molecule has 0 unspecified atom stereocenters. The maximum Gasteiger partial charge on any atom is 0.0984 e. The lowest BCUT2D eigenvalue weighted by Gasteiger charge is -2.21. The molecule has 10 heavy (non-hydrogen) atoms. The van der Waals surface area contributed by atoms with Gasteiger partial charge in [-0.3, -0.25) is 4.39 Å². The largest absolute Gasteiger partial charge is 0.317 e. The first-order chi connectivity index (χ1) is 4.93. The van der Waals surface area contributed by atoms with Gasteiger partial charge >= 0.3 is 0 Å². The maximum atomic E-state index is 11.7. The highest BCUT2D eigenvalue weighted by Crippen LogP contribution is 2.19.